The van der Waals surface area contributed by atoms with Crippen LogP contribution >= 0.6 is 0 Å². The van der Waals surface area contributed by atoms with Gasteiger partial charge >= 0.3 is 0 Å². The van der Waals surface area contributed by atoms with E-state index < -0.39 is 11.7 Å². The SMILES string of the molecule is COc1ccc(OC)c(C2CC(=O)N(c3cccc(F)c3)C3=C2C(=O)CC(C)(C)C3)c1. The summed E-state index contributed by atoms with van der Waals surface area (Å²) in [6.45, 7) is 4.03. The van der Waals surface area contributed by atoms with E-state index in [-0.39, 0.29) is 23.5 Å². The zero-order valence-corrected chi connectivity index (χ0v) is 18.2. The number of allylic oxidation sites excluding steroid dienone is 2. The first-order valence-electron chi connectivity index (χ1n) is 10.3. The van der Waals surface area contributed by atoms with Gasteiger partial charge in [0.1, 0.15) is 17.3 Å². The largest absolute Gasteiger partial charge is 0.497 e. The maximum atomic E-state index is 14.0. The van der Waals surface area contributed by atoms with Crippen molar-refractivity contribution in [3.8, 4) is 11.5 Å². The average Bonchev–Trinajstić information content (AvgIpc) is 2.71. The number of halogens is 1. The van der Waals surface area contributed by atoms with Crippen LogP contribution in [0.25, 0.3) is 0 Å². The first-order valence-corrected chi connectivity index (χ1v) is 10.3. The molecule has 162 valence electrons. The maximum absolute atomic E-state index is 14.0. The minimum absolute atomic E-state index is 0.00928. The minimum atomic E-state index is -0.444. The molecule has 1 amide bonds. The molecule has 0 spiro atoms. The topological polar surface area (TPSA) is 55.8 Å². The highest BCUT2D eigenvalue weighted by Gasteiger charge is 2.45. The fourth-order valence-corrected chi connectivity index (χ4v) is 4.71. The van der Waals surface area contributed by atoms with Crippen molar-refractivity contribution in [3.63, 3.8) is 0 Å². The van der Waals surface area contributed by atoms with E-state index in [1.807, 2.05) is 19.9 Å². The molecule has 0 radical (unpaired) electrons. The van der Waals surface area contributed by atoms with Gasteiger partial charge in [0.2, 0.25) is 5.91 Å². The molecule has 0 saturated heterocycles. The molecule has 2 aromatic carbocycles. The first-order chi connectivity index (χ1) is 14.7. The summed E-state index contributed by atoms with van der Waals surface area (Å²) in [6, 6.07) is 11.3. The monoisotopic (exact) mass is 423 g/mol. The second-order valence-corrected chi connectivity index (χ2v) is 8.87. The van der Waals surface area contributed by atoms with Gasteiger partial charge in [0.05, 0.1) is 19.9 Å². The van der Waals surface area contributed by atoms with Gasteiger partial charge in [-0.2, -0.15) is 0 Å². The predicted octanol–water partition coefficient (Wildman–Crippen LogP) is 5.01. The highest BCUT2D eigenvalue weighted by atomic mass is 19.1. The lowest BCUT2D eigenvalue weighted by atomic mass is 9.69. The van der Waals surface area contributed by atoms with Crippen LogP contribution in [-0.4, -0.2) is 25.9 Å². The summed E-state index contributed by atoms with van der Waals surface area (Å²) in [5.74, 6) is 0.190. The second kappa shape index (κ2) is 7.84. The van der Waals surface area contributed by atoms with Gasteiger partial charge in [0.25, 0.3) is 0 Å². The van der Waals surface area contributed by atoms with Crippen molar-refractivity contribution >= 4 is 17.4 Å². The van der Waals surface area contributed by atoms with Gasteiger partial charge in [-0.3, -0.25) is 14.5 Å². The fraction of sp³-hybridized carbons (Fsp3) is 0.360. The second-order valence-electron chi connectivity index (χ2n) is 8.87. The highest BCUT2D eigenvalue weighted by molar-refractivity contribution is 6.08. The minimum Gasteiger partial charge on any atom is -0.497 e. The number of hydrogen-bond donors (Lipinski definition) is 0. The smallest absolute Gasteiger partial charge is 0.232 e. The average molecular weight is 423 g/mol. The molecule has 4 rings (SSSR count). The molecule has 1 aliphatic carbocycles. The quantitative estimate of drug-likeness (QED) is 0.694. The molecule has 6 heteroatoms. The van der Waals surface area contributed by atoms with Crippen molar-refractivity contribution < 1.29 is 23.5 Å². The van der Waals surface area contributed by atoms with Crippen molar-refractivity contribution in [2.24, 2.45) is 5.41 Å². The van der Waals surface area contributed by atoms with E-state index in [9.17, 15) is 14.0 Å². The molecule has 1 aliphatic heterocycles. The van der Waals surface area contributed by atoms with Crippen molar-refractivity contribution in [1.29, 1.82) is 0 Å². The van der Waals surface area contributed by atoms with E-state index in [1.54, 1.807) is 38.5 Å². The standard InChI is InChI=1S/C25H26FNO4/c1-25(2)13-20-24(21(28)14-25)19(18-11-17(30-3)8-9-22(18)31-4)12-23(29)27(20)16-7-5-6-15(26)10-16/h5-11,19H,12-14H2,1-4H3. The van der Waals surface area contributed by atoms with Crippen LogP contribution in [0.15, 0.2) is 53.7 Å². The number of ketones is 1. The Hall–Kier alpha value is -3.15. The third-order valence-corrected chi connectivity index (χ3v) is 6.02. The molecule has 0 fully saturated rings. The lowest BCUT2D eigenvalue weighted by molar-refractivity contribution is -0.121. The summed E-state index contributed by atoms with van der Waals surface area (Å²) < 4.78 is 24.9. The normalized spacial score (nSPS) is 20.5. The van der Waals surface area contributed by atoms with E-state index in [2.05, 4.69) is 0 Å². The zero-order chi connectivity index (χ0) is 22.3. The molecular weight excluding hydrogens is 397 g/mol. The molecule has 0 aromatic heterocycles. The molecule has 5 nitrogen and oxygen atoms in total. The lowest BCUT2D eigenvalue weighted by Crippen LogP contribution is -2.43. The van der Waals surface area contributed by atoms with E-state index in [1.165, 1.54) is 17.0 Å². The first kappa shape index (κ1) is 21.1. The van der Waals surface area contributed by atoms with Crippen LogP contribution in [-0.2, 0) is 9.59 Å². The number of methoxy groups -OCH3 is 2. The summed E-state index contributed by atoms with van der Waals surface area (Å²) in [4.78, 5) is 28.3. The molecule has 1 heterocycles. The third-order valence-electron chi connectivity index (χ3n) is 6.02. The van der Waals surface area contributed by atoms with Crippen LogP contribution in [0.5, 0.6) is 11.5 Å². The summed E-state index contributed by atoms with van der Waals surface area (Å²) in [5, 5.41) is 0. The number of ether oxygens (including phenoxy) is 2. The number of carbonyl (C=O) groups excluding carboxylic acids is 2. The van der Waals surface area contributed by atoms with Gasteiger partial charge < -0.3 is 9.47 Å². The Morgan fingerprint density at radius 2 is 1.81 bits per heavy atom. The van der Waals surface area contributed by atoms with E-state index in [0.717, 1.165) is 5.56 Å². The summed E-state index contributed by atoms with van der Waals surface area (Å²) in [5.41, 5.74) is 2.14. The Morgan fingerprint density at radius 1 is 1.03 bits per heavy atom. The Balaban J connectivity index is 1.94. The number of benzene rings is 2. The van der Waals surface area contributed by atoms with Gasteiger partial charge in [-0.1, -0.05) is 19.9 Å². The maximum Gasteiger partial charge on any atom is 0.232 e. The number of amides is 1. The number of hydrogen-bond acceptors (Lipinski definition) is 4. The highest BCUT2D eigenvalue weighted by Crippen LogP contribution is 2.49. The number of nitrogens with zero attached hydrogens (tertiary/aromatic N) is 1. The summed E-state index contributed by atoms with van der Waals surface area (Å²) >= 11 is 0. The van der Waals surface area contributed by atoms with E-state index in [4.69, 9.17) is 9.47 Å². The van der Waals surface area contributed by atoms with Crippen LogP contribution in [0.2, 0.25) is 0 Å². The van der Waals surface area contributed by atoms with Crippen LogP contribution in [0.4, 0.5) is 10.1 Å². The van der Waals surface area contributed by atoms with Gasteiger partial charge in [-0.15, -0.1) is 0 Å². The van der Waals surface area contributed by atoms with Crippen LogP contribution in [0.1, 0.15) is 44.6 Å². The van der Waals surface area contributed by atoms with Crippen LogP contribution < -0.4 is 14.4 Å². The van der Waals surface area contributed by atoms with Crippen LogP contribution in [0, 0.1) is 11.2 Å². The molecule has 0 bridgehead atoms. The van der Waals surface area contributed by atoms with Crippen molar-refractivity contribution in [1.82, 2.24) is 0 Å². The Kier molecular flexibility index (Phi) is 5.33. The Bertz CT molecular complexity index is 1090. The zero-order valence-electron chi connectivity index (χ0n) is 18.2. The number of rotatable bonds is 4. The molecule has 1 unspecified atom stereocenters. The molecule has 1 atom stereocenters. The van der Waals surface area contributed by atoms with E-state index >= 15 is 0 Å². The van der Waals surface area contributed by atoms with Gasteiger partial charge in [-0.05, 0) is 48.2 Å². The third kappa shape index (κ3) is 3.82. The van der Waals surface area contributed by atoms with Gasteiger partial charge in [0.15, 0.2) is 5.78 Å². The van der Waals surface area contributed by atoms with Gasteiger partial charge in [0, 0.05) is 35.6 Å². The molecule has 0 N–H and O–H groups in total. The Morgan fingerprint density at radius 3 is 2.48 bits per heavy atom. The number of carbonyl (C=O) groups is 2. The number of Topliss-reactive ketones (excluding diaryl/α,β-unsaturated/α-hetero) is 1. The molecular formula is C25H26FNO4. The Labute approximate surface area is 181 Å². The molecule has 2 aromatic rings. The summed E-state index contributed by atoms with van der Waals surface area (Å²) in [6.07, 6.45) is 1.02. The molecule has 31 heavy (non-hydrogen) atoms. The van der Waals surface area contributed by atoms with Gasteiger partial charge in [-0.25, -0.2) is 4.39 Å². The molecule has 2 aliphatic rings. The fourth-order valence-electron chi connectivity index (χ4n) is 4.71. The van der Waals surface area contributed by atoms with E-state index in [0.29, 0.717) is 41.3 Å². The van der Waals surface area contributed by atoms with Crippen molar-refractivity contribution in [3.05, 3.63) is 65.1 Å². The summed E-state index contributed by atoms with van der Waals surface area (Å²) in [7, 11) is 3.14. The van der Waals surface area contributed by atoms with Crippen LogP contribution in [0.3, 0.4) is 0 Å². The van der Waals surface area contributed by atoms with Crippen molar-refractivity contribution in [2.45, 2.75) is 39.0 Å². The molecule has 0 saturated carbocycles. The van der Waals surface area contributed by atoms with Crippen molar-refractivity contribution in [2.75, 3.05) is 19.1 Å². The predicted molar refractivity (Wildman–Crippen MR) is 116 cm³/mol. The number of anilines is 1. The lowest BCUT2D eigenvalue weighted by Gasteiger charge is -2.43.